The normalized spacial score (nSPS) is 9.56. The maximum absolute atomic E-state index is 8.62. The first-order chi connectivity index (χ1) is 4.34. The molecular weight excluding hydrogens is 151 g/mol. The molecule has 9 heavy (non-hydrogen) atoms. The summed E-state index contributed by atoms with van der Waals surface area (Å²) in [5.74, 6) is 0. The van der Waals surface area contributed by atoms with Gasteiger partial charge in [0.25, 0.3) is 0 Å². The Morgan fingerprint density at radius 2 is 2.00 bits per heavy atom. The van der Waals surface area contributed by atoms with Gasteiger partial charge in [-0.15, -0.1) is 9.24 Å². The Morgan fingerprint density at radius 1 is 1.33 bits per heavy atom. The molecule has 0 bridgehead atoms. The van der Waals surface area contributed by atoms with Crippen LogP contribution < -0.4 is 5.30 Å². The second-order valence-corrected chi connectivity index (χ2v) is 2.87. The first-order valence-corrected chi connectivity index (χ1v) is 3.85. The lowest BCUT2D eigenvalue weighted by Crippen LogP contribution is -1.91. The Bertz CT molecular complexity index is 202. The summed E-state index contributed by atoms with van der Waals surface area (Å²) in [7, 11) is 2.55. The molecule has 0 heterocycles. The standard InChI is InChI=1S/C6H7OPS/c7-9-6-4-2-1-3-5(6)8/h1-4,7H,8H2. The van der Waals surface area contributed by atoms with E-state index >= 15 is 0 Å². The maximum atomic E-state index is 8.62. The summed E-state index contributed by atoms with van der Waals surface area (Å²) in [5.41, 5.74) is 0. The van der Waals surface area contributed by atoms with Gasteiger partial charge in [-0.1, -0.05) is 18.2 Å². The van der Waals surface area contributed by atoms with Gasteiger partial charge in [-0.3, -0.25) is 0 Å². The minimum Gasteiger partial charge on any atom is -0.325 e. The number of hydrogen-bond donors (Lipinski definition) is 1. The molecule has 0 saturated heterocycles. The molecule has 0 aliphatic carbocycles. The van der Waals surface area contributed by atoms with Crippen LogP contribution in [0.15, 0.2) is 29.2 Å². The van der Waals surface area contributed by atoms with Crippen LogP contribution in [0.2, 0.25) is 0 Å². The Kier molecular flexibility index (Phi) is 2.52. The van der Waals surface area contributed by atoms with Gasteiger partial charge in [-0.2, -0.15) is 0 Å². The van der Waals surface area contributed by atoms with Crippen LogP contribution in [0.4, 0.5) is 0 Å². The Hall–Kier alpha value is -0.0400. The van der Waals surface area contributed by atoms with Gasteiger partial charge >= 0.3 is 0 Å². The molecule has 0 radical (unpaired) electrons. The molecule has 0 fully saturated rings. The highest BCUT2D eigenvalue weighted by Gasteiger charge is 1.92. The average Bonchev–Trinajstić information content (AvgIpc) is 1.89. The smallest absolute Gasteiger partial charge is 0.0422 e. The summed E-state index contributed by atoms with van der Waals surface area (Å²) in [6.07, 6.45) is 0. The van der Waals surface area contributed by atoms with Crippen LogP contribution in [0.5, 0.6) is 0 Å². The van der Waals surface area contributed by atoms with Crippen molar-refractivity contribution in [2.75, 3.05) is 0 Å². The van der Waals surface area contributed by atoms with Crippen molar-refractivity contribution < 1.29 is 4.55 Å². The first-order valence-electron chi connectivity index (χ1n) is 2.50. The lowest BCUT2D eigenvalue weighted by atomic mass is 10.4. The van der Waals surface area contributed by atoms with Crippen LogP contribution in [0.1, 0.15) is 0 Å². The zero-order chi connectivity index (χ0) is 6.69. The van der Waals surface area contributed by atoms with E-state index in [9.17, 15) is 0 Å². The summed E-state index contributed by atoms with van der Waals surface area (Å²) in [6, 6.07) is 7.63. The fourth-order valence-electron chi connectivity index (χ4n) is 0.564. The van der Waals surface area contributed by atoms with Crippen LogP contribution in [0.3, 0.4) is 0 Å². The Labute approximate surface area is 60.9 Å². The third-order valence-corrected chi connectivity index (χ3v) is 2.30. The predicted molar refractivity (Wildman–Crippen MR) is 44.3 cm³/mol. The van der Waals surface area contributed by atoms with E-state index in [0.29, 0.717) is 0 Å². The molecule has 1 aromatic carbocycles. The minimum absolute atomic E-state index is 0.775. The van der Waals surface area contributed by atoms with Crippen molar-refractivity contribution in [1.82, 2.24) is 0 Å². The molecule has 0 saturated carbocycles. The van der Waals surface area contributed by atoms with E-state index < -0.39 is 0 Å². The van der Waals surface area contributed by atoms with Gasteiger partial charge in [-0.25, -0.2) is 0 Å². The van der Waals surface area contributed by atoms with Crippen molar-refractivity contribution in [3.8, 4) is 0 Å². The fourth-order valence-corrected chi connectivity index (χ4v) is 1.24. The summed E-state index contributed by atoms with van der Waals surface area (Å²) in [4.78, 5) is 0.891. The SMILES string of the molecule is OSc1ccccc1P. The third kappa shape index (κ3) is 1.68. The van der Waals surface area contributed by atoms with E-state index in [1.54, 1.807) is 0 Å². The molecule has 1 atom stereocenters. The van der Waals surface area contributed by atoms with E-state index in [0.717, 1.165) is 22.2 Å². The van der Waals surface area contributed by atoms with Gasteiger partial charge in [0.1, 0.15) is 0 Å². The first kappa shape index (κ1) is 7.07. The maximum Gasteiger partial charge on any atom is 0.0422 e. The molecular formula is C6H7OPS. The van der Waals surface area contributed by atoms with Gasteiger partial charge in [0.2, 0.25) is 0 Å². The van der Waals surface area contributed by atoms with Crippen molar-refractivity contribution in [3.63, 3.8) is 0 Å². The molecule has 1 aromatic rings. The van der Waals surface area contributed by atoms with E-state index in [-0.39, 0.29) is 0 Å². The molecule has 1 nitrogen and oxygen atoms in total. The summed E-state index contributed by atoms with van der Waals surface area (Å²) in [5, 5.41) is 1.03. The van der Waals surface area contributed by atoms with Crippen molar-refractivity contribution in [3.05, 3.63) is 24.3 Å². The Balaban J connectivity index is 3.01. The molecule has 0 aromatic heterocycles. The zero-order valence-electron chi connectivity index (χ0n) is 4.74. The molecule has 1 unspecified atom stereocenters. The summed E-state index contributed by atoms with van der Waals surface area (Å²) >= 11 is 0.775. The number of benzene rings is 1. The van der Waals surface area contributed by atoms with Crippen molar-refractivity contribution in [2.24, 2.45) is 0 Å². The van der Waals surface area contributed by atoms with E-state index in [4.69, 9.17) is 4.55 Å². The highest BCUT2D eigenvalue weighted by Crippen LogP contribution is 2.12. The van der Waals surface area contributed by atoms with Gasteiger partial charge < -0.3 is 4.55 Å². The van der Waals surface area contributed by atoms with Crippen molar-refractivity contribution in [1.29, 1.82) is 0 Å². The molecule has 0 aliphatic heterocycles. The molecule has 48 valence electrons. The second kappa shape index (κ2) is 3.21. The zero-order valence-corrected chi connectivity index (χ0v) is 6.71. The largest absolute Gasteiger partial charge is 0.325 e. The van der Waals surface area contributed by atoms with Crippen LogP contribution in [0.25, 0.3) is 0 Å². The van der Waals surface area contributed by atoms with Crippen LogP contribution in [0, 0.1) is 0 Å². The quantitative estimate of drug-likeness (QED) is 0.496. The molecule has 1 N–H and O–H groups in total. The number of hydrogen-bond acceptors (Lipinski definition) is 2. The lowest BCUT2D eigenvalue weighted by Gasteiger charge is -1.96. The average molecular weight is 158 g/mol. The Morgan fingerprint density at radius 3 is 2.44 bits per heavy atom. The van der Waals surface area contributed by atoms with Crippen molar-refractivity contribution >= 4 is 26.6 Å². The lowest BCUT2D eigenvalue weighted by molar-refractivity contribution is 0.664. The summed E-state index contributed by atoms with van der Waals surface area (Å²) < 4.78 is 8.62. The summed E-state index contributed by atoms with van der Waals surface area (Å²) in [6.45, 7) is 0. The van der Waals surface area contributed by atoms with Gasteiger partial charge in [-0.05, 0) is 11.4 Å². The van der Waals surface area contributed by atoms with E-state index in [2.05, 4.69) is 9.24 Å². The van der Waals surface area contributed by atoms with Crippen LogP contribution in [-0.4, -0.2) is 4.55 Å². The predicted octanol–water partition coefficient (Wildman–Crippen LogP) is 1.75. The molecule has 0 spiro atoms. The van der Waals surface area contributed by atoms with E-state index in [1.165, 1.54) is 0 Å². The topological polar surface area (TPSA) is 20.2 Å². The molecule has 1 rings (SSSR count). The van der Waals surface area contributed by atoms with Gasteiger partial charge in [0.15, 0.2) is 0 Å². The van der Waals surface area contributed by atoms with E-state index in [1.807, 2.05) is 24.3 Å². The van der Waals surface area contributed by atoms with Gasteiger partial charge in [0, 0.05) is 16.9 Å². The molecule has 0 aliphatic rings. The fraction of sp³-hybridized carbons (Fsp3) is 0. The number of rotatable bonds is 1. The highest BCUT2D eigenvalue weighted by atomic mass is 32.2. The third-order valence-electron chi connectivity index (χ3n) is 1.02. The van der Waals surface area contributed by atoms with Crippen LogP contribution >= 0.6 is 21.3 Å². The highest BCUT2D eigenvalue weighted by molar-refractivity contribution is 7.94. The second-order valence-electron chi connectivity index (χ2n) is 1.63. The molecule has 3 heteroatoms. The minimum atomic E-state index is 0.775. The van der Waals surface area contributed by atoms with Gasteiger partial charge in [0.05, 0.1) is 0 Å². The molecule has 0 amide bonds. The van der Waals surface area contributed by atoms with Crippen molar-refractivity contribution in [2.45, 2.75) is 4.90 Å². The monoisotopic (exact) mass is 158 g/mol. The van der Waals surface area contributed by atoms with Crippen LogP contribution in [-0.2, 0) is 0 Å².